The summed E-state index contributed by atoms with van der Waals surface area (Å²) in [5, 5.41) is 33.7. The van der Waals surface area contributed by atoms with Gasteiger partial charge in [0, 0.05) is 19.6 Å². The van der Waals surface area contributed by atoms with Crippen molar-refractivity contribution in [1.29, 1.82) is 0 Å². The van der Waals surface area contributed by atoms with E-state index in [1.165, 1.54) is 44.9 Å². The Morgan fingerprint density at radius 2 is 1.35 bits per heavy atom. The van der Waals surface area contributed by atoms with Crippen molar-refractivity contribution in [2.24, 2.45) is 0 Å². The lowest BCUT2D eigenvalue weighted by molar-refractivity contribution is 0.102. The highest BCUT2D eigenvalue weighted by atomic mass is 16.7. The third kappa shape index (κ3) is 25.1. The largest absolute Gasteiger partial charge is 0.506 e. The maximum absolute atomic E-state index is 10.0. The molecule has 0 saturated heterocycles. The zero-order valence-corrected chi connectivity index (χ0v) is 16.3. The number of aliphatic hydroxyl groups excluding tert-OH is 3. The average molecular weight is 378 g/mol. The Morgan fingerprint density at radius 3 is 1.81 bits per heavy atom. The molecule has 0 rings (SSSR count). The zero-order valence-electron chi connectivity index (χ0n) is 16.3. The molecule has 0 aliphatic heterocycles. The molecule has 0 spiro atoms. The Hall–Kier alpha value is -1.15. The summed E-state index contributed by atoms with van der Waals surface area (Å²) >= 11 is 0. The molecule has 0 bridgehead atoms. The van der Waals surface area contributed by atoms with Gasteiger partial charge < -0.3 is 25.2 Å². The SMILES string of the molecule is CCCCCCCCCC=CCOC(=O)O.OCCN(CCO)CCO. The van der Waals surface area contributed by atoms with Crippen LogP contribution in [-0.4, -0.2) is 77.5 Å². The summed E-state index contributed by atoms with van der Waals surface area (Å²) in [6.07, 6.45) is 12.7. The van der Waals surface area contributed by atoms with E-state index in [-0.39, 0.29) is 26.4 Å². The average Bonchev–Trinajstić information content (AvgIpc) is 2.61. The van der Waals surface area contributed by atoms with Crippen LogP contribution in [0.1, 0.15) is 58.3 Å². The normalized spacial score (nSPS) is 10.8. The van der Waals surface area contributed by atoms with Crippen LogP contribution in [-0.2, 0) is 4.74 Å². The summed E-state index contributed by atoms with van der Waals surface area (Å²) in [6, 6.07) is 0. The fourth-order valence-corrected chi connectivity index (χ4v) is 2.28. The number of nitrogens with zero attached hydrogens (tertiary/aromatic N) is 1. The first-order chi connectivity index (χ1) is 12.6. The molecule has 0 aromatic heterocycles. The summed E-state index contributed by atoms with van der Waals surface area (Å²) < 4.78 is 4.34. The van der Waals surface area contributed by atoms with E-state index in [9.17, 15) is 4.79 Å². The molecule has 0 aromatic carbocycles. The highest BCUT2D eigenvalue weighted by Crippen LogP contribution is 2.08. The van der Waals surface area contributed by atoms with Crippen LogP contribution in [0, 0.1) is 0 Å². The molecule has 0 saturated carbocycles. The van der Waals surface area contributed by atoms with Crippen LogP contribution in [0.5, 0.6) is 0 Å². The van der Waals surface area contributed by atoms with E-state index < -0.39 is 6.16 Å². The highest BCUT2D eigenvalue weighted by Gasteiger charge is 2.00. The van der Waals surface area contributed by atoms with Gasteiger partial charge in [-0.25, -0.2) is 4.79 Å². The van der Waals surface area contributed by atoms with Crippen molar-refractivity contribution in [2.45, 2.75) is 58.3 Å². The first-order valence-corrected chi connectivity index (χ1v) is 9.67. The molecular formula is C19H39NO6. The Bertz CT molecular complexity index is 298. The summed E-state index contributed by atoms with van der Waals surface area (Å²) in [5.41, 5.74) is 0. The molecular weight excluding hydrogens is 338 g/mol. The van der Waals surface area contributed by atoms with Crippen LogP contribution in [0.2, 0.25) is 0 Å². The van der Waals surface area contributed by atoms with Gasteiger partial charge in [0.25, 0.3) is 0 Å². The molecule has 0 aliphatic rings. The molecule has 0 radical (unpaired) electrons. The van der Waals surface area contributed by atoms with Crippen molar-refractivity contribution in [3.05, 3.63) is 12.2 Å². The first-order valence-electron chi connectivity index (χ1n) is 9.67. The van der Waals surface area contributed by atoms with Crippen molar-refractivity contribution in [2.75, 3.05) is 46.1 Å². The number of carboxylic acid groups (broad SMARTS) is 1. The number of hydrogen-bond donors (Lipinski definition) is 4. The predicted molar refractivity (Wildman–Crippen MR) is 103 cm³/mol. The monoisotopic (exact) mass is 377 g/mol. The second-order valence-corrected chi connectivity index (χ2v) is 5.97. The van der Waals surface area contributed by atoms with E-state index in [2.05, 4.69) is 11.7 Å². The van der Waals surface area contributed by atoms with E-state index in [1.807, 2.05) is 6.08 Å². The van der Waals surface area contributed by atoms with Crippen LogP contribution in [0.15, 0.2) is 12.2 Å². The molecule has 7 nitrogen and oxygen atoms in total. The van der Waals surface area contributed by atoms with Crippen molar-refractivity contribution < 1.29 is 30.0 Å². The van der Waals surface area contributed by atoms with Crippen LogP contribution in [0.3, 0.4) is 0 Å². The van der Waals surface area contributed by atoms with Gasteiger partial charge in [0.05, 0.1) is 19.8 Å². The topological polar surface area (TPSA) is 110 Å². The second-order valence-electron chi connectivity index (χ2n) is 5.97. The minimum absolute atomic E-state index is 0.0694. The molecule has 4 N–H and O–H groups in total. The van der Waals surface area contributed by atoms with Gasteiger partial charge in [-0.05, 0) is 12.8 Å². The number of hydrogen-bond acceptors (Lipinski definition) is 6. The van der Waals surface area contributed by atoms with Gasteiger partial charge in [-0.2, -0.15) is 0 Å². The molecule has 0 fully saturated rings. The molecule has 156 valence electrons. The van der Waals surface area contributed by atoms with Crippen LogP contribution < -0.4 is 0 Å². The van der Waals surface area contributed by atoms with Gasteiger partial charge in [0.2, 0.25) is 0 Å². The van der Waals surface area contributed by atoms with E-state index in [4.69, 9.17) is 20.4 Å². The molecule has 7 heteroatoms. The Kier molecular flexibility index (Phi) is 24.8. The van der Waals surface area contributed by atoms with Gasteiger partial charge in [-0.3, -0.25) is 4.90 Å². The molecule has 0 aliphatic carbocycles. The van der Waals surface area contributed by atoms with E-state index in [0.717, 1.165) is 6.42 Å². The molecule has 26 heavy (non-hydrogen) atoms. The lowest BCUT2D eigenvalue weighted by Crippen LogP contribution is -2.32. The van der Waals surface area contributed by atoms with Gasteiger partial charge >= 0.3 is 6.16 Å². The van der Waals surface area contributed by atoms with E-state index in [0.29, 0.717) is 19.6 Å². The summed E-state index contributed by atoms with van der Waals surface area (Å²) in [4.78, 5) is 11.8. The van der Waals surface area contributed by atoms with Gasteiger partial charge in [-0.1, -0.05) is 57.6 Å². The fourth-order valence-electron chi connectivity index (χ4n) is 2.28. The van der Waals surface area contributed by atoms with Crippen LogP contribution in [0.4, 0.5) is 4.79 Å². The van der Waals surface area contributed by atoms with E-state index in [1.54, 1.807) is 11.0 Å². The third-order valence-electron chi connectivity index (χ3n) is 3.69. The first kappa shape index (κ1) is 27.1. The van der Waals surface area contributed by atoms with Crippen LogP contribution >= 0.6 is 0 Å². The number of rotatable bonds is 16. The van der Waals surface area contributed by atoms with Crippen LogP contribution in [0.25, 0.3) is 0 Å². The van der Waals surface area contributed by atoms with Crippen molar-refractivity contribution >= 4 is 6.16 Å². The minimum atomic E-state index is -1.21. The summed E-state index contributed by atoms with van der Waals surface area (Å²) in [7, 11) is 0. The van der Waals surface area contributed by atoms with Gasteiger partial charge in [0.15, 0.2) is 0 Å². The third-order valence-corrected chi connectivity index (χ3v) is 3.69. The summed E-state index contributed by atoms with van der Waals surface area (Å²) in [5.74, 6) is 0. The quantitative estimate of drug-likeness (QED) is 0.186. The molecule has 0 aromatic rings. The maximum Gasteiger partial charge on any atom is 0.506 e. The maximum atomic E-state index is 10.0. The lowest BCUT2D eigenvalue weighted by atomic mass is 10.1. The fraction of sp³-hybridized carbons (Fsp3) is 0.842. The summed E-state index contributed by atoms with van der Waals surface area (Å²) in [6.45, 7) is 4.15. The number of allylic oxidation sites excluding steroid dienone is 1. The Morgan fingerprint density at radius 1 is 0.846 bits per heavy atom. The Balaban J connectivity index is 0. The number of ether oxygens (including phenoxy) is 1. The molecule has 0 atom stereocenters. The molecule has 0 amide bonds. The predicted octanol–water partition coefficient (Wildman–Crippen LogP) is 2.64. The molecule has 0 heterocycles. The second kappa shape index (κ2) is 23.9. The number of aliphatic hydroxyl groups is 3. The minimum Gasteiger partial charge on any atom is -0.450 e. The lowest BCUT2D eigenvalue weighted by Gasteiger charge is -2.17. The van der Waals surface area contributed by atoms with Crippen molar-refractivity contribution in [3.8, 4) is 0 Å². The standard InChI is InChI=1S/C13H24O3.C6H15NO3/c1-2-3-4-5-6-7-8-9-10-11-12-16-13(14)15;8-4-1-7(2-5-9)3-6-10/h10-11H,2-9,12H2,1H3,(H,14,15);8-10H,1-6H2. The van der Waals surface area contributed by atoms with Crippen molar-refractivity contribution in [1.82, 2.24) is 4.90 Å². The zero-order chi connectivity index (χ0) is 19.9. The van der Waals surface area contributed by atoms with Gasteiger partial charge in [-0.15, -0.1) is 0 Å². The van der Waals surface area contributed by atoms with Crippen molar-refractivity contribution in [3.63, 3.8) is 0 Å². The van der Waals surface area contributed by atoms with Gasteiger partial charge in [0.1, 0.15) is 6.61 Å². The number of carbonyl (C=O) groups is 1. The smallest absolute Gasteiger partial charge is 0.450 e. The Labute approximate surface area is 158 Å². The van der Waals surface area contributed by atoms with E-state index >= 15 is 0 Å². The highest BCUT2D eigenvalue weighted by molar-refractivity contribution is 5.56. The molecule has 0 unspecified atom stereocenters. The number of unbranched alkanes of at least 4 members (excludes halogenated alkanes) is 7.